The molecule has 0 spiro atoms. The fourth-order valence-corrected chi connectivity index (χ4v) is 24.0. The third-order valence-corrected chi connectivity index (χ3v) is 30.4. The predicted octanol–water partition coefficient (Wildman–Crippen LogP) is 17.9. The van der Waals surface area contributed by atoms with E-state index in [-0.39, 0.29) is 5.82 Å². The summed E-state index contributed by atoms with van der Waals surface area (Å²) in [6.07, 6.45) is 39.1. The Bertz CT molecular complexity index is 4280. The number of benzene rings is 5. The highest BCUT2D eigenvalue weighted by Gasteiger charge is 2.41. The van der Waals surface area contributed by atoms with Gasteiger partial charge in [-0.2, -0.15) is 5.26 Å². The number of hydrogen-bond donors (Lipinski definition) is 0. The van der Waals surface area contributed by atoms with Gasteiger partial charge in [-0.15, -0.1) is 0 Å². The highest BCUT2D eigenvalue weighted by molar-refractivity contribution is 7.90. The van der Waals surface area contributed by atoms with E-state index in [0.29, 0.717) is 26.2 Å². The van der Waals surface area contributed by atoms with E-state index < -0.39 is 9.84 Å². The van der Waals surface area contributed by atoms with Gasteiger partial charge in [-0.1, -0.05) is 139 Å². The molecule has 12 unspecified atom stereocenters. The number of hydrogen-bond acceptors (Lipinski definition) is 14. The lowest BCUT2D eigenvalue weighted by Crippen LogP contribution is -2.48. The van der Waals surface area contributed by atoms with Gasteiger partial charge in [0.2, 0.25) is 0 Å². The molecule has 114 heavy (non-hydrogen) atoms. The second-order valence-corrected chi connectivity index (χ2v) is 39.2. The van der Waals surface area contributed by atoms with Gasteiger partial charge in [0.25, 0.3) is 0 Å². The lowest BCUT2D eigenvalue weighted by atomic mass is 9.89. The maximum Gasteiger partial charge on any atom is 0.175 e. The van der Waals surface area contributed by atoms with Crippen LogP contribution in [0.5, 0.6) is 5.75 Å². The second kappa shape index (κ2) is 38.7. The molecule has 14 aliphatic rings. The second-order valence-electron chi connectivity index (χ2n) is 36.0. The normalized spacial score (nSPS) is 28.6. The molecule has 5 aliphatic heterocycles. The van der Waals surface area contributed by atoms with Crippen molar-refractivity contribution in [2.75, 3.05) is 201 Å². The van der Waals surface area contributed by atoms with Gasteiger partial charge in [-0.05, 0) is 234 Å². The molecule has 19 heteroatoms. The van der Waals surface area contributed by atoms with E-state index in [4.69, 9.17) is 39.5 Å². The van der Waals surface area contributed by atoms with Crippen LogP contribution in [-0.2, 0) is 9.84 Å². The maximum atomic E-state index is 14.0. The van der Waals surface area contributed by atoms with Crippen molar-refractivity contribution in [2.24, 2.45) is 76.9 Å². The largest absolute Gasteiger partial charge is 0.492 e. The molecule has 0 radical (unpaired) electrons. The van der Waals surface area contributed by atoms with Gasteiger partial charge in [0, 0.05) is 175 Å². The van der Waals surface area contributed by atoms with Gasteiger partial charge < -0.3 is 29.2 Å². The molecule has 614 valence electrons. The minimum Gasteiger partial charge on any atom is -0.492 e. The molecule has 5 saturated heterocycles. The van der Waals surface area contributed by atoms with E-state index >= 15 is 0 Å². The van der Waals surface area contributed by atoms with Gasteiger partial charge >= 0.3 is 0 Å². The Kier molecular flexibility index (Phi) is 28.2. The molecular weight excluding hydrogens is 1500 g/mol. The zero-order valence-electron chi connectivity index (χ0n) is 68.5. The number of nitrogens with zero attached hydrogens (tertiary/aromatic N) is 11. The molecular formula is C95H127Cl3FN11O3S. The Morgan fingerprint density at radius 1 is 0.430 bits per heavy atom. The fraction of sp³-hybridized carbons (Fsp3) is 0.589. The minimum absolute atomic E-state index is 0.209. The molecule has 0 aromatic heterocycles. The van der Waals surface area contributed by atoms with Crippen LogP contribution in [0.4, 0.5) is 32.8 Å². The number of ether oxygens (including phenoxy) is 1. The zero-order chi connectivity index (χ0) is 78.8. The average Bonchev–Trinajstić information content (AvgIpc) is 1.29. The molecule has 5 heterocycles. The quantitative estimate of drug-likeness (QED) is 0.0778. The molecule has 8 bridgehead atoms. The number of halogens is 4. The van der Waals surface area contributed by atoms with E-state index in [2.05, 4.69) is 154 Å². The summed E-state index contributed by atoms with van der Waals surface area (Å²) in [7, 11) is -3.25. The number of piperazine rings is 5. The van der Waals surface area contributed by atoms with E-state index in [9.17, 15) is 18.1 Å². The average molecular weight is 1630 g/mol. The van der Waals surface area contributed by atoms with Gasteiger partial charge in [0.1, 0.15) is 17.6 Å². The van der Waals surface area contributed by atoms with Gasteiger partial charge in [-0.3, -0.25) is 24.5 Å². The first kappa shape index (κ1) is 83.0. The molecule has 0 N–H and O–H groups in total. The standard InChI is InChI=1S/C20H27ClN2O2S.C19H25ClN2.C19H23N3.C19H30N2O.C18H22ClFN2/c1-14-9-18(21)19(12-20(14)26(2,24)25)23-7-5-22(6-8-23)13-17-11-15-3-4-16(17)10-15;1-14-3-2-4-18(20)19(14)22-9-7-21(8-10-22)13-17-12-15-5-6-16(17)11-15;20-13-17-3-1-2-4-19(17)22-9-7-21(8-10-22)14-18-12-15-5-6-16(18)11-15;1-2-22-19-11-7-6-10-18(19)21-14-12-20(13-15-21)16-17-8-4-3-5-9-17;19-16-3-4-18(17(20)11-16)22-7-5-21(6-8-22)12-15-10-13-1-2-14(15)9-13/h3-4,9,12,15-17H,5-8,10-11,13H2,1-2H3;2-6,15-17H,7-13H2,1H3;1-6,15-16,18H,7-12,14H2;6-7,10-11,17H,2-5,8-9,12-16H2,1H3;1-4,11,13-15H,5-10,12H2. The van der Waals surface area contributed by atoms with Crippen LogP contribution in [0.1, 0.15) is 107 Å². The fourth-order valence-electron chi connectivity index (χ4n) is 22.2. The van der Waals surface area contributed by atoms with Gasteiger partial charge in [0.05, 0.1) is 55.5 Å². The molecule has 12 atom stereocenters. The van der Waals surface area contributed by atoms with Crippen molar-refractivity contribution in [3.8, 4) is 11.8 Å². The number of allylic oxidation sites excluding steroid dienone is 8. The molecule has 5 aromatic rings. The molecule has 5 saturated carbocycles. The summed E-state index contributed by atoms with van der Waals surface area (Å²) in [4.78, 5) is 25.2. The lowest BCUT2D eigenvalue weighted by Gasteiger charge is -2.38. The number of para-hydroxylation sites is 4. The van der Waals surface area contributed by atoms with Crippen molar-refractivity contribution in [3.63, 3.8) is 0 Å². The van der Waals surface area contributed by atoms with Crippen LogP contribution < -0.4 is 29.2 Å². The molecule has 5 aromatic carbocycles. The van der Waals surface area contributed by atoms with Crippen LogP contribution in [0.3, 0.4) is 0 Å². The Morgan fingerprint density at radius 2 is 0.851 bits per heavy atom. The first-order valence-corrected chi connectivity index (χ1v) is 46.9. The van der Waals surface area contributed by atoms with E-state index in [0.717, 1.165) is 216 Å². The molecule has 14 nitrogen and oxygen atoms in total. The minimum atomic E-state index is -3.25. The summed E-state index contributed by atoms with van der Waals surface area (Å²) in [5, 5.41) is 11.3. The summed E-state index contributed by atoms with van der Waals surface area (Å²) >= 11 is 18.7. The van der Waals surface area contributed by atoms with E-state index in [1.54, 1.807) is 31.2 Å². The van der Waals surface area contributed by atoms with Crippen molar-refractivity contribution < 1.29 is 17.5 Å². The highest BCUT2D eigenvalue weighted by atomic mass is 35.5. The summed E-state index contributed by atoms with van der Waals surface area (Å²) in [5.74, 6) is 12.0. The Morgan fingerprint density at radius 3 is 1.27 bits per heavy atom. The Balaban J connectivity index is 0.000000112. The summed E-state index contributed by atoms with van der Waals surface area (Å²) in [6.45, 7) is 34.2. The maximum absolute atomic E-state index is 14.0. The van der Waals surface area contributed by atoms with Crippen LogP contribution in [-0.4, -0.2) is 209 Å². The van der Waals surface area contributed by atoms with Crippen molar-refractivity contribution in [3.05, 3.63) is 183 Å². The van der Waals surface area contributed by atoms with Crippen LogP contribution in [0.25, 0.3) is 0 Å². The smallest absolute Gasteiger partial charge is 0.175 e. The molecule has 10 fully saturated rings. The number of anilines is 5. The number of nitriles is 1. The van der Waals surface area contributed by atoms with Crippen molar-refractivity contribution >= 4 is 73.1 Å². The number of fused-ring (bicyclic) bond motifs is 8. The highest BCUT2D eigenvalue weighted by Crippen LogP contribution is 2.48. The van der Waals surface area contributed by atoms with E-state index in [1.807, 2.05) is 30.3 Å². The van der Waals surface area contributed by atoms with Crippen LogP contribution in [0.2, 0.25) is 15.1 Å². The Hall–Kier alpha value is -6.10. The van der Waals surface area contributed by atoms with Crippen molar-refractivity contribution in [1.29, 1.82) is 5.26 Å². The van der Waals surface area contributed by atoms with E-state index in [1.165, 1.54) is 172 Å². The molecule has 0 amide bonds. The van der Waals surface area contributed by atoms with Crippen molar-refractivity contribution in [2.45, 2.75) is 109 Å². The zero-order valence-corrected chi connectivity index (χ0v) is 71.6. The van der Waals surface area contributed by atoms with Gasteiger partial charge in [-0.25, -0.2) is 12.8 Å². The number of sulfone groups is 1. The van der Waals surface area contributed by atoms with Crippen LogP contribution in [0, 0.1) is 108 Å². The summed E-state index contributed by atoms with van der Waals surface area (Å²) in [5.41, 5.74) is 7.95. The SMILES string of the molecule is CCOc1ccccc1N1CCN(CC2CCCCC2)CC1.Cc1cc(Cl)c(N2CCN(CC3CC4C=CC3C4)CC2)cc1S(C)(=O)=O.Cc1cccc(Cl)c1N1CCN(CC2CC3C=CC2C3)CC1.Fc1cc(Cl)ccc1N1CCN(CC2CC3C=CC2C3)CC1.N#Cc1ccccc1N1CCN(CC2CC3C=CC2C3)CC1. The summed E-state index contributed by atoms with van der Waals surface area (Å²) < 4.78 is 43.9. The topological polar surface area (TPSA) is 99.6 Å². The third-order valence-electron chi connectivity index (χ3n) is 28.3. The monoisotopic (exact) mass is 1630 g/mol. The lowest BCUT2D eigenvalue weighted by molar-refractivity contribution is 0.191. The van der Waals surface area contributed by atoms with Crippen LogP contribution in [0.15, 0.2) is 151 Å². The first-order chi connectivity index (χ1) is 55.4. The number of rotatable bonds is 18. The van der Waals surface area contributed by atoms with Crippen molar-refractivity contribution in [1.82, 2.24) is 24.5 Å². The summed E-state index contributed by atoms with van der Waals surface area (Å²) in [6, 6.07) is 33.5. The van der Waals surface area contributed by atoms with Gasteiger partial charge in [0.15, 0.2) is 9.84 Å². The molecule has 19 rings (SSSR count). The third kappa shape index (κ3) is 20.9. The molecule has 9 aliphatic carbocycles. The Labute approximate surface area is 697 Å². The number of aryl methyl sites for hydroxylation is 2. The first-order valence-electron chi connectivity index (χ1n) is 43.9. The predicted molar refractivity (Wildman–Crippen MR) is 471 cm³/mol. The van der Waals surface area contributed by atoms with Crippen LogP contribution >= 0.6 is 34.8 Å².